The Hall–Kier alpha value is -1.38. The van der Waals surface area contributed by atoms with E-state index in [1.165, 1.54) is 35.8 Å². The highest BCUT2D eigenvalue weighted by molar-refractivity contribution is 5.82. The molecule has 2 nitrogen and oxygen atoms in total. The first-order valence-electron chi connectivity index (χ1n) is 8.09. The number of hydrogen-bond donors (Lipinski definition) is 1. The van der Waals surface area contributed by atoms with E-state index in [1.54, 1.807) is 0 Å². The molecule has 0 bridgehead atoms. The van der Waals surface area contributed by atoms with Gasteiger partial charge in [-0.2, -0.15) is 0 Å². The highest BCUT2D eigenvalue weighted by Gasteiger charge is 2.30. The maximum Gasteiger partial charge on any atom is 0.0234 e. The fraction of sp³-hybridized carbons (Fsp3) is 0.474. The molecule has 2 aromatic rings. The second-order valence-corrected chi connectivity index (χ2v) is 6.72. The predicted octanol–water partition coefficient (Wildman–Crippen LogP) is 3.66. The van der Waals surface area contributed by atoms with Gasteiger partial charge in [-0.25, -0.2) is 0 Å². The lowest BCUT2D eigenvalue weighted by atomic mass is 9.89. The van der Waals surface area contributed by atoms with Crippen LogP contribution in [0.3, 0.4) is 0 Å². The van der Waals surface area contributed by atoms with Crippen LogP contribution in [0.2, 0.25) is 0 Å². The summed E-state index contributed by atoms with van der Waals surface area (Å²) >= 11 is 0. The molecule has 0 radical (unpaired) electrons. The topological polar surface area (TPSA) is 15.3 Å². The molecule has 2 heteroatoms. The van der Waals surface area contributed by atoms with E-state index in [-0.39, 0.29) is 0 Å². The van der Waals surface area contributed by atoms with Crippen molar-refractivity contribution in [1.29, 1.82) is 0 Å². The molecule has 1 fully saturated rings. The van der Waals surface area contributed by atoms with Crippen LogP contribution in [0.15, 0.2) is 42.5 Å². The van der Waals surface area contributed by atoms with Gasteiger partial charge in [0.1, 0.15) is 0 Å². The van der Waals surface area contributed by atoms with Crippen molar-refractivity contribution in [3.8, 4) is 0 Å². The van der Waals surface area contributed by atoms with Gasteiger partial charge < -0.3 is 5.32 Å². The van der Waals surface area contributed by atoms with E-state index >= 15 is 0 Å². The first kappa shape index (κ1) is 14.6. The predicted molar refractivity (Wildman–Crippen MR) is 90.5 cm³/mol. The van der Waals surface area contributed by atoms with Gasteiger partial charge in [-0.3, -0.25) is 4.90 Å². The van der Waals surface area contributed by atoms with Gasteiger partial charge in [0.05, 0.1) is 0 Å². The van der Waals surface area contributed by atoms with Crippen molar-refractivity contribution < 1.29 is 0 Å². The quantitative estimate of drug-likeness (QED) is 0.900. The van der Waals surface area contributed by atoms with Gasteiger partial charge in [0, 0.05) is 19.6 Å². The van der Waals surface area contributed by atoms with Crippen LogP contribution in [0.5, 0.6) is 0 Å². The van der Waals surface area contributed by atoms with E-state index in [9.17, 15) is 0 Å². The maximum absolute atomic E-state index is 3.50. The minimum Gasteiger partial charge on any atom is -0.316 e. The average Bonchev–Trinajstić information content (AvgIpc) is 2.93. The van der Waals surface area contributed by atoms with Gasteiger partial charge in [-0.05, 0) is 47.3 Å². The maximum atomic E-state index is 3.50. The van der Waals surface area contributed by atoms with E-state index < -0.39 is 0 Å². The fourth-order valence-electron chi connectivity index (χ4n) is 3.42. The summed E-state index contributed by atoms with van der Waals surface area (Å²) in [6.45, 7) is 10.4. The highest BCUT2D eigenvalue weighted by atomic mass is 15.1. The Bertz CT molecular complexity index is 599. The summed E-state index contributed by atoms with van der Waals surface area (Å²) in [5.74, 6) is 0. The highest BCUT2D eigenvalue weighted by Crippen LogP contribution is 2.26. The molecule has 21 heavy (non-hydrogen) atoms. The van der Waals surface area contributed by atoms with Crippen LogP contribution in [0.1, 0.15) is 25.8 Å². The van der Waals surface area contributed by atoms with Gasteiger partial charge in [-0.1, -0.05) is 50.2 Å². The summed E-state index contributed by atoms with van der Waals surface area (Å²) in [7, 11) is 0. The molecule has 0 spiro atoms. The third-order valence-electron chi connectivity index (χ3n) is 4.73. The molecule has 1 saturated heterocycles. The van der Waals surface area contributed by atoms with Crippen molar-refractivity contribution >= 4 is 10.8 Å². The number of rotatable bonds is 5. The van der Waals surface area contributed by atoms with E-state index in [2.05, 4.69) is 66.5 Å². The summed E-state index contributed by atoms with van der Waals surface area (Å²) in [4.78, 5) is 2.58. The van der Waals surface area contributed by atoms with Gasteiger partial charge >= 0.3 is 0 Å². The Morgan fingerprint density at radius 2 is 1.95 bits per heavy atom. The van der Waals surface area contributed by atoms with Crippen molar-refractivity contribution in [2.45, 2.75) is 26.8 Å². The summed E-state index contributed by atoms with van der Waals surface area (Å²) in [6.07, 6.45) is 1.29. The van der Waals surface area contributed by atoms with Crippen molar-refractivity contribution in [3.63, 3.8) is 0 Å². The monoisotopic (exact) mass is 282 g/mol. The molecule has 0 aliphatic carbocycles. The van der Waals surface area contributed by atoms with Crippen LogP contribution in [0.4, 0.5) is 0 Å². The molecule has 0 amide bonds. The number of nitrogens with one attached hydrogen (secondary N) is 1. The number of hydrogen-bond acceptors (Lipinski definition) is 2. The summed E-state index contributed by atoms with van der Waals surface area (Å²) in [6, 6.07) is 15.5. The van der Waals surface area contributed by atoms with Gasteiger partial charge in [0.2, 0.25) is 0 Å². The van der Waals surface area contributed by atoms with Crippen LogP contribution in [-0.2, 0) is 6.54 Å². The van der Waals surface area contributed by atoms with Crippen LogP contribution in [0, 0.1) is 5.41 Å². The molecule has 112 valence electrons. The zero-order valence-electron chi connectivity index (χ0n) is 13.2. The summed E-state index contributed by atoms with van der Waals surface area (Å²) < 4.78 is 0. The lowest BCUT2D eigenvalue weighted by Gasteiger charge is -2.31. The minimum atomic E-state index is 0.437. The fourth-order valence-corrected chi connectivity index (χ4v) is 3.42. The molecule has 0 saturated carbocycles. The molecular formula is C19H26N2. The van der Waals surface area contributed by atoms with Crippen LogP contribution in [0.25, 0.3) is 10.8 Å². The first-order chi connectivity index (χ1) is 10.2. The minimum absolute atomic E-state index is 0.437. The van der Waals surface area contributed by atoms with Gasteiger partial charge in [0.25, 0.3) is 0 Å². The molecule has 1 aliphatic rings. The summed E-state index contributed by atoms with van der Waals surface area (Å²) in [5.41, 5.74) is 1.86. The number of nitrogens with zero attached hydrogens (tertiary/aromatic N) is 1. The Morgan fingerprint density at radius 3 is 2.67 bits per heavy atom. The SMILES string of the molecule is CCN(Cc1ccc2ccccc2c1)CC1(C)CCNC1. The molecule has 1 heterocycles. The molecular weight excluding hydrogens is 256 g/mol. The van der Waals surface area contributed by atoms with E-state index in [1.807, 2.05) is 0 Å². The van der Waals surface area contributed by atoms with E-state index in [0.717, 1.165) is 19.6 Å². The van der Waals surface area contributed by atoms with E-state index in [4.69, 9.17) is 0 Å². The third kappa shape index (κ3) is 3.45. The van der Waals surface area contributed by atoms with Crippen molar-refractivity contribution in [1.82, 2.24) is 10.2 Å². The molecule has 0 aromatic heterocycles. The lowest BCUT2D eigenvalue weighted by Crippen LogP contribution is -2.37. The van der Waals surface area contributed by atoms with E-state index in [0.29, 0.717) is 5.41 Å². The molecule has 2 aromatic carbocycles. The molecule has 1 N–H and O–H groups in total. The first-order valence-corrected chi connectivity index (χ1v) is 8.09. The van der Waals surface area contributed by atoms with Crippen molar-refractivity contribution in [2.75, 3.05) is 26.2 Å². The largest absolute Gasteiger partial charge is 0.316 e. The second-order valence-electron chi connectivity index (χ2n) is 6.72. The Kier molecular flexibility index (Phi) is 4.27. The lowest BCUT2D eigenvalue weighted by molar-refractivity contribution is 0.178. The normalized spacial score (nSPS) is 22.2. The standard InChI is InChI=1S/C19H26N2/c1-3-21(15-19(2)10-11-20-14-19)13-16-8-9-17-6-4-5-7-18(17)12-16/h4-9,12,20H,3,10-11,13-15H2,1-2H3. The molecule has 1 unspecified atom stereocenters. The van der Waals surface area contributed by atoms with Crippen molar-refractivity contribution in [3.05, 3.63) is 48.0 Å². The zero-order valence-corrected chi connectivity index (χ0v) is 13.2. The number of benzene rings is 2. The Morgan fingerprint density at radius 1 is 1.14 bits per heavy atom. The smallest absolute Gasteiger partial charge is 0.0234 e. The Balaban J connectivity index is 1.72. The number of fused-ring (bicyclic) bond motifs is 1. The van der Waals surface area contributed by atoms with Crippen molar-refractivity contribution in [2.24, 2.45) is 5.41 Å². The van der Waals surface area contributed by atoms with Gasteiger partial charge in [-0.15, -0.1) is 0 Å². The van der Waals surface area contributed by atoms with Crippen LogP contribution >= 0.6 is 0 Å². The van der Waals surface area contributed by atoms with Crippen LogP contribution in [-0.4, -0.2) is 31.1 Å². The average molecular weight is 282 g/mol. The molecule has 1 atom stereocenters. The van der Waals surface area contributed by atoms with Gasteiger partial charge in [0.15, 0.2) is 0 Å². The summed E-state index contributed by atoms with van der Waals surface area (Å²) in [5, 5.41) is 6.18. The van der Waals surface area contributed by atoms with Crippen LogP contribution < -0.4 is 5.32 Å². The molecule has 3 rings (SSSR count). The third-order valence-corrected chi connectivity index (χ3v) is 4.73. The Labute approximate surface area is 128 Å². The zero-order chi connectivity index (χ0) is 14.7. The second kappa shape index (κ2) is 6.17. The molecule has 1 aliphatic heterocycles.